The molecule has 0 aliphatic carbocycles. The highest BCUT2D eigenvalue weighted by Crippen LogP contribution is 2.28. The van der Waals surface area contributed by atoms with Gasteiger partial charge in [0.05, 0.1) is 11.0 Å². The Balaban J connectivity index is 3.07. The summed E-state index contributed by atoms with van der Waals surface area (Å²) in [6.45, 7) is 3.38. The SMILES string of the molecule is CCCCC(Nc1cc(C)c(F)cc1[N+](=O)[O-])C(=O)O. The summed E-state index contributed by atoms with van der Waals surface area (Å²) in [7, 11) is 0. The minimum atomic E-state index is -1.09. The number of rotatable bonds is 7. The number of nitrogens with zero attached hydrogens (tertiary/aromatic N) is 1. The van der Waals surface area contributed by atoms with Crippen LogP contribution in [-0.4, -0.2) is 22.0 Å². The molecule has 0 aromatic heterocycles. The van der Waals surface area contributed by atoms with Gasteiger partial charge in [0.25, 0.3) is 5.69 Å². The number of hydrogen-bond donors (Lipinski definition) is 2. The van der Waals surface area contributed by atoms with Crippen LogP contribution in [0, 0.1) is 22.9 Å². The number of halogens is 1. The van der Waals surface area contributed by atoms with Gasteiger partial charge in [-0.3, -0.25) is 10.1 Å². The van der Waals surface area contributed by atoms with Crippen LogP contribution in [0.2, 0.25) is 0 Å². The van der Waals surface area contributed by atoms with Crippen LogP contribution < -0.4 is 5.32 Å². The second-order valence-electron chi connectivity index (χ2n) is 4.55. The molecule has 0 spiro atoms. The second-order valence-corrected chi connectivity index (χ2v) is 4.55. The molecule has 6 nitrogen and oxygen atoms in total. The zero-order valence-corrected chi connectivity index (χ0v) is 11.4. The number of aliphatic carboxylic acids is 1. The third-order valence-corrected chi connectivity index (χ3v) is 2.95. The number of carbonyl (C=O) groups is 1. The number of nitro groups is 1. The van der Waals surface area contributed by atoms with Gasteiger partial charge in [-0.05, 0) is 25.0 Å². The Morgan fingerprint density at radius 3 is 2.70 bits per heavy atom. The summed E-state index contributed by atoms with van der Waals surface area (Å²) in [5.74, 6) is -1.78. The second kappa shape index (κ2) is 6.83. The first-order chi connectivity index (χ1) is 9.36. The number of unbranched alkanes of at least 4 members (excludes halogenated alkanes) is 1. The molecule has 1 aromatic rings. The van der Waals surface area contributed by atoms with Crippen LogP contribution in [0.5, 0.6) is 0 Å². The van der Waals surface area contributed by atoms with E-state index in [9.17, 15) is 19.3 Å². The number of aryl methyl sites for hydroxylation is 1. The van der Waals surface area contributed by atoms with Crippen molar-refractivity contribution in [2.24, 2.45) is 0 Å². The highest BCUT2D eigenvalue weighted by molar-refractivity contribution is 5.79. The van der Waals surface area contributed by atoms with Gasteiger partial charge in [-0.2, -0.15) is 0 Å². The molecule has 0 aliphatic rings. The van der Waals surface area contributed by atoms with Gasteiger partial charge in [0.2, 0.25) is 0 Å². The van der Waals surface area contributed by atoms with Crippen LogP contribution in [0.3, 0.4) is 0 Å². The minimum Gasteiger partial charge on any atom is -0.480 e. The summed E-state index contributed by atoms with van der Waals surface area (Å²) in [6.07, 6.45) is 1.84. The highest BCUT2D eigenvalue weighted by atomic mass is 19.1. The van der Waals surface area contributed by atoms with Gasteiger partial charge in [0, 0.05) is 0 Å². The minimum absolute atomic E-state index is 0.0254. The molecule has 7 heteroatoms. The van der Waals surface area contributed by atoms with E-state index in [0.29, 0.717) is 12.8 Å². The Kier molecular flexibility index (Phi) is 5.42. The fraction of sp³-hybridized carbons (Fsp3) is 0.462. The Bertz CT molecular complexity index is 519. The number of nitro benzene ring substituents is 1. The average Bonchev–Trinajstić information content (AvgIpc) is 2.37. The Morgan fingerprint density at radius 2 is 2.20 bits per heavy atom. The predicted molar refractivity (Wildman–Crippen MR) is 72.4 cm³/mol. The molecule has 1 rings (SSSR count). The summed E-state index contributed by atoms with van der Waals surface area (Å²) in [5, 5.41) is 22.6. The van der Waals surface area contributed by atoms with Gasteiger partial charge in [-0.15, -0.1) is 0 Å². The summed E-state index contributed by atoms with van der Waals surface area (Å²) in [6, 6.07) is 1.13. The lowest BCUT2D eigenvalue weighted by Gasteiger charge is -2.16. The van der Waals surface area contributed by atoms with E-state index in [2.05, 4.69) is 5.32 Å². The molecule has 0 aliphatic heterocycles. The highest BCUT2D eigenvalue weighted by Gasteiger charge is 2.23. The van der Waals surface area contributed by atoms with E-state index in [4.69, 9.17) is 5.11 Å². The normalized spacial score (nSPS) is 11.9. The van der Waals surface area contributed by atoms with Gasteiger partial charge in [-0.1, -0.05) is 19.8 Å². The lowest BCUT2D eigenvalue weighted by molar-refractivity contribution is -0.384. The number of hydrogen-bond acceptors (Lipinski definition) is 4. The zero-order chi connectivity index (χ0) is 15.3. The van der Waals surface area contributed by atoms with Gasteiger partial charge in [-0.25, -0.2) is 9.18 Å². The molecular weight excluding hydrogens is 267 g/mol. The molecule has 0 bridgehead atoms. The van der Waals surface area contributed by atoms with Crippen LogP contribution in [0.15, 0.2) is 12.1 Å². The fourth-order valence-corrected chi connectivity index (χ4v) is 1.79. The van der Waals surface area contributed by atoms with E-state index >= 15 is 0 Å². The van der Waals surface area contributed by atoms with Crippen molar-refractivity contribution < 1.29 is 19.2 Å². The number of benzene rings is 1. The largest absolute Gasteiger partial charge is 0.480 e. The van der Waals surface area contributed by atoms with E-state index in [-0.39, 0.29) is 11.3 Å². The maximum Gasteiger partial charge on any atom is 0.326 e. The Morgan fingerprint density at radius 1 is 1.55 bits per heavy atom. The zero-order valence-electron chi connectivity index (χ0n) is 11.4. The Labute approximate surface area is 115 Å². The van der Waals surface area contributed by atoms with Crippen LogP contribution in [0.1, 0.15) is 31.7 Å². The van der Waals surface area contributed by atoms with Crippen molar-refractivity contribution in [1.29, 1.82) is 0 Å². The van der Waals surface area contributed by atoms with Crippen LogP contribution in [0.25, 0.3) is 0 Å². The van der Waals surface area contributed by atoms with Crippen molar-refractivity contribution in [2.45, 2.75) is 39.2 Å². The van der Waals surface area contributed by atoms with E-state index in [0.717, 1.165) is 12.5 Å². The number of carboxylic acids is 1. The average molecular weight is 284 g/mol. The topological polar surface area (TPSA) is 92.5 Å². The third-order valence-electron chi connectivity index (χ3n) is 2.95. The quantitative estimate of drug-likeness (QED) is 0.593. The molecule has 2 N–H and O–H groups in total. The van der Waals surface area contributed by atoms with Crippen molar-refractivity contribution in [1.82, 2.24) is 0 Å². The molecule has 0 fully saturated rings. The molecule has 20 heavy (non-hydrogen) atoms. The molecule has 0 radical (unpaired) electrons. The summed E-state index contributed by atoms with van der Waals surface area (Å²) in [5.41, 5.74) is -0.217. The standard InChI is InChI=1S/C13H17FN2O4/c1-3-4-5-10(13(17)18)15-11-6-8(2)9(14)7-12(11)16(19)20/h6-7,10,15H,3-5H2,1-2H3,(H,17,18). The van der Waals surface area contributed by atoms with E-state index in [1.54, 1.807) is 0 Å². The lowest BCUT2D eigenvalue weighted by Crippen LogP contribution is -2.29. The van der Waals surface area contributed by atoms with Crippen molar-refractivity contribution in [3.05, 3.63) is 33.6 Å². The molecular formula is C13H17FN2O4. The third kappa shape index (κ3) is 3.91. The van der Waals surface area contributed by atoms with Crippen molar-refractivity contribution in [2.75, 3.05) is 5.32 Å². The van der Waals surface area contributed by atoms with Gasteiger partial charge in [0.15, 0.2) is 0 Å². The van der Waals surface area contributed by atoms with Gasteiger partial charge >= 0.3 is 5.97 Å². The molecule has 0 amide bonds. The lowest BCUT2D eigenvalue weighted by atomic mass is 10.1. The molecule has 1 atom stereocenters. The van der Waals surface area contributed by atoms with Crippen molar-refractivity contribution >= 4 is 17.3 Å². The first kappa shape index (κ1) is 15.9. The van der Waals surface area contributed by atoms with Crippen molar-refractivity contribution in [3.63, 3.8) is 0 Å². The smallest absolute Gasteiger partial charge is 0.326 e. The Hall–Kier alpha value is -2.18. The maximum atomic E-state index is 13.4. The first-order valence-electron chi connectivity index (χ1n) is 6.30. The van der Waals surface area contributed by atoms with Crippen LogP contribution in [0.4, 0.5) is 15.8 Å². The molecule has 0 saturated carbocycles. The summed E-state index contributed by atoms with van der Waals surface area (Å²) in [4.78, 5) is 21.3. The number of nitrogens with one attached hydrogen (secondary N) is 1. The van der Waals surface area contributed by atoms with E-state index < -0.39 is 28.4 Å². The maximum absolute atomic E-state index is 13.4. The fourth-order valence-electron chi connectivity index (χ4n) is 1.79. The molecule has 0 saturated heterocycles. The molecule has 110 valence electrons. The first-order valence-corrected chi connectivity index (χ1v) is 6.30. The molecule has 1 aromatic carbocycles. The van der Waals surface area contributed by atoms with Gasteiger partial charge in [0.1, 0.15) is 17.5 Å². The predicted octanol–water partition coefficient (Wildman–Crippen LogP) is 3.10. The number of carboxylic acid groups (broad SMARTS) is 1. The van der Waals surface area contributed by atoms with Crippen LogP contribution in [-0.2, 0) is 4.79 Å². The van der Waals surface area contributed by atoms with E-state index in [1.165, 1.54) is 13.0 Å². The summed E-state index contributed by atoms with van der Waals surface area (Å²) >= 11 is 0. The summed E-state index contributed by atoms with van der Waals surface area (Å²) < 4.78 is 13.4. The molecule has 1 unspecified atom stereocenters. The van der Waals surface area contributed by atoms with Gasteiger partial charge < -0.3 is 10.4 Å². The molecule has 0 heterocycles. The van der Waals surface area contributed by atoms with Crippen molar-refractivity contribution in [3.8, 4) is 0 Å². The monoisotopic (exact) mass is 284 g/mol. The van der Waals surface area contributed by atoms with E-state index in [1.807, 2.05) is 6.92 Å². The van der Waals surface area contributed by atoms with Crippen LogP contribution >= 0.6 is 0 Å². The number of anilines is 1.